The number of hydrogen-bond acceptors (Lipinski definition) is 4. The molecule has 0 bridgehead atoms. The molecule has 2 aromatic rings. The summed E-state index contributed by atoms with van der Waals surface area (Å²) in [5.41, 5.74) is 1.37. The van der Waals surface area contributed by atoms with Crippen molar-refractivity contribution in [3.05, 3.63) is 15.6 Å². The van der Waals surface area contributed by atoms with E-state index in [0.29, 0.717) is 16.1 Å². The highest BCUT2D eigenvalue weighted by atomic mass is 35.5. The van der Waals surface area contributed by atoms with E-state index < -0.39 is 0 Å². The van der Waals surface area contributed by atoms with Crippen molar-refractivity contribution >= 4 is 44.9 Å². The highest BCUT2D eigenvalue weighted by Crippen LogP contribution is 2.40. The Kier molecular flexibility index (Phi) is 3.70. The first-order valence-corrected chi connectivity index (χ1v) is 8.41. The zero-order chi connectivity index (χ0) is 13.4. The average molecular weight is 309 g/mol. The molecule has 98 valence electrons. The Morgan fingerprint density at radius 1 is 1.53 bits per heavy atom. The molecule has 1 aliphatic carbocycles. The van der Waals surface area contributed by atoms with E-state index in [1.807, 2.05) is 0 Å². The van der Waals surface area contributed by atoms with Crippen molar-refractivity contribution < 1.29 is 0 Å². The van der Waals surface area contributed by atoms with Gasteiger partial charge in [0.15, 0.2) is 5.16 Å². The zero-order valence-electron chi connectivity index (χ0n) is 10.6. The minimum Gasteiger partial charge on any atom is -0.211 e. The highest BCUT2D eigenvalue weighted by molar-refractivity contribution is 7.99. The van der Waals surface area contributed by atoms with Crippen LogP contribution in [0, 0.1) is 18.3 Å². The van der Waals surface area contributed by atoms with Crippen LogP contribution in [0.4, 0.5) is 0 Å². The Hall–Kier alpha value is -0.760. The molecule has 3 rings (SSSR count). The molecule has 0 fully saturated rings. The predicted molar refractivity (Wildman–Crippen MR) is 83.2 cm³/mol. The van der Waals surface area contributed by atoms with Gasteiger partial charge < -0.3 is 0 Å². The van der Waals surface area contributed by atoms with Gasteiger partial charge in [0.25, 0.3) is 0 Å². The molecule has 0 aliphatic heterocycles. The lowest BCUT2D eigenvalue weighted by Gasteiger charge is -2.17. The molecule has 0 saturated heterocycles. The molecule has 0 amide bonds. The molecule has 1 aliphatic rings. The maximum absolute atomic E-state index is 6.35. The molecule has 0 N–H and O–H groups in total. The smallest absolute Gasteiger partial charge is 0.191 e. The van der Waals surface area contributed by atoms with Crippen molar-refractivity contribution in [1.82, 2.24) is 9.97 Å². The number of thioether (sulfide) groups is 1. The third-order valence-electron chi connectivity index (χ3n) is 3.37. The first-order chi connectivity index (χ1) is 9.19. The summed E-state index contributed by atoms with van der Waals surface area (Å²) < 4.78 is 0. The van der Waals surface area contributed by atoms with Crippen LogP contribution >= 0.6 is 34.7 Å². The van der Waals surface area contributed by atoms with Crippen molar-refractivity contribution in [3.63, 3.8) is 0 Å². The molecule has 0 aromatic carbocycles. The van der Waals surface area contributed by atoms with E-state index >= 15 is 0 Å². The topological polar surface area (TPSA) is 25.8 Å². The van der Waals surface area contributed by atoms with Crippen molar-refractivity contribution in [2.24, 2.45) is 5.92 Å². The summed E-state index contributed by atoms with van der Waals surface area (Å²) in [5.74, 6) is 3.91. The van der Waals surface area contributed by atoms with Gasteiger partial charge in [-0.2, -0.15) is 0 Å². The van der Waals surface area contributed by atoms with Gasteiger partial charge in [-0.3, -0.25) is 0 Å². The summed E-state index contributed by atoms with van der Waals surface area (Å²) in [6.07, 6.45) is 8.72. The SMILES string of the molecule is C#CCSc1nc(Cl)c2c3c(sc2n1)CC(C)CC3. The average Bonchev–Trinajstić information content (AvgIpc) is 2.73. The normalized spacial score (nSPS) is 18.3. The van der Waals surface area contributed by atoms with E-state index in [-0.39, 0.29) is 0 Å². The summed E-state index contributed by atoms with van der Waals surface area (Å²) >= 11 is 9.57. The molecule has 2 heterocycles. The van der Waals surface area contributed by atoms with Crippen LogP contribution in [0.5, 0.6) is 0 Å². The number of aromatic nitrogens is 2. The van der Waals surface area contributed by atoms with Crippen LogP contribution < -0.4 is 0 Å². The van der Waals surface area contributed by atoms with Gasteiger partial charge in [0.1, 0.15) is 9.98 Å². The lowest BCUT2D eigenvalue weighted by atomic mass is 9.89. The van der Waals surface area contributed by atoms with Crippen LogP contribution in [0.15, 0.2) is 5.16 Å². The lowest BCUT2D eigenvalue weighted by molar-refractivity contribution is 0.509. The largest absolute Gasteiger partial charge is 0.211 e. The summed E-state index contributed by atoms with van der Waals surface area (Å²) in [5, 5.41) is 2.33. The fourth-order valence-electron chi connectivity index (χ4n) is 2.45. The second-order valence-corrected chi connectivity index (χ2v) is 7.21. The van der Waals surface area contributed by atoms with Gasteiger partial charge in [0, 0.05) is 4.88 Å². The molecule has 0 spiro atoms. The standard InChI is InChI=1S/C14H13ClN2S2/c1-3-6-18-14-16-12(15)11-9-5-4-8(2)7-10(9)19-13(11)17-14/h1,8H,4-7H2,2H3. The van der Waals surface area contributed by atoms with Crippen LogP contribution in [0.3, 0.4) is 0 Å². The number of hydrogen-bond donors (Lipinski definition) is 0. The van der Waals surface area contributed by atoms with Crippen molar-refractivity contribution in [3.8, 4) is 12.3 Å². The van der Waals surface area contributed by atoms with Crippen LogP contribution in [-0.4, -0.2) is 15.7 Å². The van der Waals surface area contributed by atoms with Crippen LogP contribution in [0.2, 0.25) is 5.15 Å². The molecule has 0 radical (unpaired) electrons. The lowest BCUT2D eigenvalue weighted by Crippen LogP contribution is -2.08. The summed E-state index contributed by atoms with van der Waals surface area (Å²) in [7, 11) is 0. The molecule has 2 nitrogen and oxygen atoms in total. The van der Waals surface area contributed by atoms with Crippen molar-refractivity contribution in [1.29, 1.82) is 0 Å². The van der Waals surface area contributed by atoms with Crippen molar-refractivity contribution in [2.75, 3.05) is 5.75 Å². The molecule has 2 aromatic heterocycles. The Labute approximate surface area is 126 Å². The van der Waals surface area contributed by atoms with E-state index in [0.717, 1.165) is 29.0 Å². The van der Waals surface area contributed by atoms with Crippen LogP contribution in [0.1, 0.15) is 23.8 Å². The fourth-order valence-corrected chi connectivity index (χ4v) is 4.80. The second-order valence-electron chi connectivity index (χ2n) is 4.82. The van der Waals surface area contributed by atoms with Gasteiger partial charge >= 0.3 is 0 Å². The minimum atomic E-state index is 0.573. The third-order valence-corrected chi connectivity index (χ3v) is 5.55. The third kappa shape index (κ3) is 2.47. The Bertz CT molecular complexity index is 672. The second kappa shape index (κ2) is 5.32. The number of aryl methyl sites for hydroxylation is 1. The maximum Gasteiger partial charge on any atom is 0.191 e. The van der Waals surface area contributed by atoms with Crippen LogP contribution in [-0.2, 0) is 12.8 Å². The number of rotatable bonds is 2. The van der Waals surface area contributed by atoms with Gasteiger partial charge in [0.05, 0.1) is 11.1 Å². The van der Waals surface area contributed by atoms with Crippen molar-refractivity contribution in [2.45, 2.75) is 31.3 Å². The van der Waals surface area contributed by atoms with E-state index in [9.17, 15) is 0 Å². The van der Waals surface area contributed by atoms with Gasteiger partial charge in [-0.15, -0.1) is 17.8 Å². The summed E-state index contributed by atoms with van der Waals surface area (Å²) in [6.45, 7) is 2.30. The quantitative estimate of drug-likeness (QED) is 0.360. The number of halogens is 1. The van der Waals surface area contributed by atoms with E-state index in [1.54, 1.807) is 11.3 Å². The number of terminal acetylenes is 1. The summed E-state index contributed by atoms with van der Waals surface area (Å²) in [4.78, 5) is 11.4. The highest BCUT2D eigenvalue weighted by Gasteiger charge is 2.23. The van der Waals surface area contributed by atoms with E-state index in [2.05, 4.69) is 22.8 Å². The fraction of sp³-hybridized carbons (Fsp3) is 0.429. The monoisotopic (exact) mass is 308 g/mol. The Morgan fingerprint density at radius 2 is 2.37 bits per heavy atom. The molecule has 1 atom stereocenters. The first-order valence-electron chi connectivity index (χ1n) is 6.23. The van der Waals surface area contributed by atoms with E-state index in [4.69, 9.17) is 18.0 Å². The van der Waals surface area contributed by atoms with Gasteiger partial charge in [-0.1, -0.05) is 36.2 Å². The maximum atomic E-state index is 6.35. The number of fused-ring (bicyclic) bond motifs is 3. The molecule has 0 saturated carbocycles. The minimum absolute atomic E-state index is 0.573. The van der Waals surface area contributed by atoms with Gasteiger partial charge in [0.2, 0.25) is 0 Å². The molecular formula is C14H13ClN2S2. The van der Waals surface area contributed by atoms with Gasteiger partial charge in [-0.05, 0) is 30.7 Å². The zero-order valence-corrected chi connectivity index (χ0v) is 13.0. The number of thiophene rings is 1. The predicted octanol–water partition coefficient (Wildman–Crippen LogP) is 4.19. The van der Waals surface area contributed by atoms with E-state index in [1.165, 1.54) is 28.6 Å². The molecular weight excluding hydrogens is 296 g/mol. The molecule has 5 heteroatoms. The number of nitrogens with zero attached hydrogens (tertiary/aromatic N) is 2. The van der Waals surface area contributed by atoms with Gasteiger partial charge in [-0.25, -0.2) is 9.97 Å². The Morgan fingerprint density at radius 3 is 3.16 bits per heavy atom. The first kappa shape index (κ1) is 13.2. The summed E-state index contributed by atoms with van der Waals surface area (Å²) in [6, 6.07) is 0. The van der Waals surface area contributed by atoms with Crippen LogP contribution in [0.25, 0.3) is 10.2 Å². The molecule has 1 unspecified atom stereocenters. The molecule has 19 heavy (non-hydrogen) atoms. The Balaban J connectivity index is 2.09.